The van der Waals surface area contributed by atoms with Crippen molar-refractivity contribution in [3.63, 3.8) is 0 Å². The largest absolute Gasteiger partial charge is 0.502 e. The summed E-state index contributed by atoms with van der Waals surface area (Å²) in [5.74, 6) is 0.627. The molecule has 0 bridgehead atoms. The summed E-state index contributed by atoms with van der Waals surface area (Å²) in [5.41, 5.74) is 5.89. The van der Waals surface area contributed by atoms with Crippen LogP contribution in [0, 0.1) is 0 Å². The Morgan fingerprint density at radius 2 is 2.17 bits per heavy atom. The molecule has 1 aromatic carbocycles. The summed E-state index contributed by atoms with van der Waals surface area (Å²) < 4.78 is 6.01. The normalized spacial score (nSPS) is 10.5. The summed E-state index contributed by atoms with van der Waals surface area (Å²) in [6, 6.07) is 6.80. The van der Waals surface area contributed by atoms with Crippen LogP contribution < -0.4 is 11.2 Å². The summed E-state index contributed by atoms with van der Waals surface area (Å²) in [4.78, 5) is 12.2. The van der Waals surface area contributed by atoms with E-state index in [2.05, 4.69) is 15.9 Å². The van der Waals surface area contributed by atoms with Crippen molar-refractivity contribution >= 4 is 33.4 Å². The minimum Gasteiger partial charge on any atom is -0.502 e. The summed E-state index contributed by atoms with van der Waals surface area (Å²) >= 11 is 4.92. The third-order valence-electron chi connectivity index (χ3n) is 2.19. The molecular formula is C12H10BrNO3S. The second kappa shape index (κ2) is 5.49. The van der Waals surface area contributed by atoms with E-state index in [1.54, 1.807) is 6.07 Å². The molecule has 0 spiro atoms. The molecule has 0 aliphatic carbocycles. The lowest BCUT2D eigenvalue weighted by Gasteiger charge is -2.04. The predicted octanol–water partition coefficient (Wildman–Crippen LogP) is 2.98. The Morgan fingerprint density at radius 1 is 1.39 bits per heavy atom. The van der Waals surface area contributed by atoms with Gasteiger partial charge in [0.05, 0.1) is 5.75 Å². The van der Waals surface area contributed by atoms with Crippen molar-refractivity contribution in [2.75, 3.05) is 5.73 Å². The highest BCUT2D eigenvalue weighted by Crippen LogP contribution is 2.31. The Balaban J connectivity index is 2.11. The van der Waals surface area contributed by atoms with Gasteiger partial charge in [0.1, 0.15) is 12.0 Å². The van der Waals surface area contributed by atoms with Crippen molar-refractivity contribution in [3.05, 3.63) is 51.0 Å². The van der Waals surface area contributed by atoms with Crippen LogP contribution in [0.15, 0.2) is 49.1 Å². The average Bonchev–Trinajstić information content (AvgIpc) is 2.32. The monoisotopic (exact) mass is 327 g/mol. The maximum absolute atomic E-state index is 11.2. The summed E-state index contributed by atoms with van der Waals surface area (Å²) in [6.45, 7) is 0. The molecule has 6 heteroatoms. The lowest BCUT2D eigenvalue weighted by atomic mass is 10.3. The Bertz CT molecular complexity index is 627. The van der Waals surface area contributed by atoms with Gasteiger partial charge in [-0.1, -0.05) is 0 Å². The summed E-state index contributed by atoms with van der Waals surface area (Å²) in [5, 5.41) is 9.07. The molecule has 0 amide bonds. The molecule has 0 radical (unpaired) electrons. The van der Waals surface area contributed by atoms with Crippen LogP contribution >= 0.6 is 27.7 Å². The zero-order valence-electron chi connectivity index (χ0n) is 9.22. The van der Waals surface area contributed by atoms with E-state index in [4.69, 9.17) is 15.3 Å². The van der Waals surface area contributed by atoms with Gasteiger partial charge in [-0.15, -0.1) is 11.8 Å². The third kappa shape index (κ3) is 3.08. The first-order valence-corrected chi connectivity index (χ1v) is 6.82. The molecule has 18 heavy (non-hydrogen) atoms. The zero-order valence-corrected chi connectivity index (χ0v) is 11.6. The molecular weight excluding hydrogens is 318 g/mol. The van der Waals surface area contributed by atoms with Crippen molar-refractivity contribution < 1.29 is 9.52 Å². The van der Waals surface area contributed by atoms with E-state index in [9.17, 15) is 4.79 Å². The first-order valence-electron chi connectivity index (χ1n) is 5.05. The number of nitrogen functional groups attached to an aromatic ring is 1. The van der Waals surface area contributed by atoms with Gasteiger partial charge in [0, 0.05) is 21.1 Å². The van der Waals surface area contributed by atoms with Crippen LogP contribution in [-0.2, 0) is 5.75 Å². The summed E-state index contributed by atoms with van der Waals surface area (Å²) in [6.07, 6.45) is 1.05. The first kappa shape index (κ1) is 13.0. The van der Waals surface area contributed by atoms with Gasteiger partial charge < -0.3 is 15.3 Å². The highest BCUT2D eigenvalue weighted by molar-refractivity contribution is 9.10. The standard InChI is InChI=1S/C12H10BrNO3S/c13-9-3-7(14)1-2-12(9)18-6-8-4-10(15)11(16)5-17-8/h1-5,16H,6,14H2. The number of rotatable bonds is 3. The fraction of sp³-hybridized carbons (Fsp3) is 0.0833. The quantitative estimate of drug-likeness (QED) is 0.669. The SMILES string of the molecule is Nc1ccc(SCc2cc(=O)c(O)co2)c(Br)c1. The second-order valence-electron chi connectivity index (χ2n) is 3.57. The van der Waals surface area contributed by atoms with Crippen LogP contribution in [0.4, 0.5) is 5.69 Å². The highest BCUT2D eigenvalue weighted by atomic mass is 79.9. The van der Waals surface area contributed by atoms with Gasteiger partial charge in [-0.2, -0.15) is 0 Å². The second-order valence-corrected chi connectivity index (χ2v) is 5.45. The van der Waals surface area contributed by atoms with Gasteiger partial charge in [0.25, 0.3) is 0 Å². The van der Waals surface area contributed by atoms with Crippen LogP contribution in [-0.4, -0.2) is 5.11 Å². The van der Waals surface area contributed by atoms with E-state index in [0.29, 0.717) is 17.2 Å². The van der Waals surface area contributed by atoms with Gasteiger partial charge in [-0.3, -0.25) is 4.79 Å². The number of anilines is 1. The number of halogens is 1. The summed E-state index contributed by atoms with van der Waals surface area (Å²) in [7, 11) is 0. The molecule has 4 nitrogen and oxygen atoms in total. The molecule has 1 heterocycles. The number of thioether (sulfide) groups is 1. The van der Waals surface area contributed by atoms with Gasteiger partial charge in [0.2, 0.25) is 5.43 Å². The molecule has 3 N–H and O–H groups in total. The van der Waals surface area contributed by atoms with E-state index in [1.165, 1.54) is 17.8 Å². The molecule has 2 aromatic rings. The number of aromatic hydroxyl groups is 1. The molecule has 1 aromatic heterocycles. The smallest absolute Gasteiger partial charge is 0.226 e. The minimum atomic E-state index is -0.437. The van der Waals surface area contributed by atoms with Crippen LogP contribution in [0.2, 0.25) is 0 Å². The molecule has 0 aliphatic rings. The maximum Gasteiger partial charge on any atom is 0.226 e. The lowest BCUT2D eigenvalue weighted by Crippen LogP contribution is -1.99. The minimum absolute atomic E-state index is 0.377. The van der Waals surface area contributed by atoms with Crippen molar-refractivity contribution in [2.45, 2.75) is 10.6 Å². The zero-order chi connectivity index (χ0) is 13.1. The van der Waals surface area contributed by atoms with E-state index in [-0.39, 0.29) is 5.75 Å². The Labute approximate surface area is 116 Å². The maximum atomic E-state index is 11.2. The highest BCUT2D eigenvalue weighted by Gasteiger charge is 2.05. The molecule has 0 unspecified atom stereocenters. The number of hydrogen-bond acceptors (Lipinski definition) is 5. The third-order valence-corrected chi connectivity index (χ3v) is 4.21. The van der Waals surface area contributed by atoms with E-state index < -0.39 is 5.43 Å². The topological polar surface area (TPSA) is 76.5 Å². The van der Waals surface area contributed by atoms with Gasteiger partial charge >= 0.3 is 0 Å². The first-order chi connectivity index (χ1) is 8.56. The Hall–Kier alpha value is -1.40. The predicted molar refractivity (Wildman–Crippen MR) is 74.8 cm³/mol. The van der Waals surface area contributed by atoms with E-state index >= 15 is 0 Å². The van der Waals surface area contributed by atoms with Crippen molar-refractivity contribution in [3.8, 4) is 5.75 Å². The van der Waals surface area contributed by atoms with Gasteiger partial charge in [-0.25, -0.2) is 0 Å². The molecule has 0 aliphatic heterocycles. The van der Waals surface area contributed by atoms with Crippen LogP contribution in [0.5, 0.6) is 5.75 Å². The fourth-order valence-corrected chi connectivity index (χ4v) is 2.85. The molecule has 0 fully saturated rings. The van der Waals surface area contributed by atoms with Crippen LogP contribution in [0.25, 0.3) is 0 Å². The van der Waals surface area contributed by atoms with E-state index in [1.807, 2.05) is 12.1 Å². The van der Waals surface area contributed by atoms with Crippen LogP contribution in [0.3, 0.4) is 0 Å². The average molecular weight is 328 g/mol. The van der Waals surface area contributed by atoms with Crippen LogP contribution in [0.1, 0.15) is 5.76 Å². The van der Waals surface area contributed by atoms with Crippen molar-refractivity contribution in [1.82, 2.24) is 0 Å². The van der Waals surface area contributed by atoms with Crippen molar-refractivity contribution in [2.24, 2.45) is 0 Å². The Morgan fingerprint density at radius 3 is 2.83 bits per heavy atom. The number of nitrogens with two attached hydrogens (primary N) is 1. The van der Waals surface area contributed by atoms with Gasteiger partial charge in [-0.05, 0) is 34.1 Å². The number of hydrogen-bond donors (Lipinski definition) is 2. The molecule has 2 rings (SSSR count). The van der Waals surface area contributed by atoms with Gasteiger partial charge in [0.15, 0.2) is 5.75 Å². The molecule has 0 atom stereocenters. The van der Waals surface area contributed by atoms with Crippen molar-refractivity contribution in [1.29, 1.82) is 0 Å². The molecule has 0 saturated carbocycles. The Kier molecular flexibility index (Phi) is 3.98. The van der Waals surface area contributed by atoms with E-state index in [0.717, 1.165) is 15.6 Å². The molecule has 94 valence electrons. The number of benzene rings is 1. The fourth-order valence-electron chi connectivity index (χ4n) is 1.30. The molecule has 0 saturated heterocycles. The lowest BCUT2D eigenvalue weighted by molar-refractivity contribution is 0.419.